The lowest BCUT2D eigenvalue weighted by Gasteiger charge is -2.32. The van der Waals surface area contributed by atoms with E-state index < -0.39 is 0 Å². The third-order valence-electron chi connectivity index (χ3n) is 5.38. The SMILES string of the molecule is C=CC(=O)NC(CC)NC(C)(C)CCCCCCCCCCCCCCC. The molecule has 1 atom stereocenters. The Kier molecular flexibility index (Phi) is 16.7. The average Bonchev–Trinajstić information content (AvgIpc) is 2.64. The number of hydrogen-bond donors (Lipinski definition) is 2. The first kappa shape index (κ1) is 26.2. The minimum absolute atomic E-state index is 0.0208. The largest absolute Gasteiger partial charge is 0.337 e. The maximum Gasteiger partial charge on any atom is 0.244 e. The van der Waals surface area contributed by atoms with Crippen LogP contribution in [-0.4, -0.2) is 17.6 Å². The van der Waals surface area contributed by atoms with Gasteiger partial charge in [0, 0.05) is 5.54 Å². The lowest BCUT2D eigenvalue weighted by Crippen LogP contribution is -2.53. The van der Waals surface area contributed by atoms with Crippen LogP contribution in [0.5, 0.6) is 0 Å². The van der Waals surface area contributed by atoms with Gasteiger partial charge in [0.2, 0.25) is 5.91 Å². The number of hydrogen-bond acceptors (Lipinski definition) is 2. The second kappa shape index (κ2) is 17.3. The molecule has 160 valence electrons. The van der Waals surface area contributed by atoms with Gasteiger partial charge in [0.05, 0.1) is 6.17 Å². The number of amides is 1. The summed E-state index contributed by atoms with van der Waals surface area (Å²) in [7, 11) is 0. The zero-order valence-electron chi connectivity index (χ0n) is 18.9. The Morgan fingerprint density at radius 3 is 1.70 bits per heavy atom. The highest BCUT2D eigenvalue weighted by molar-refractivity contribution is 5.87. The molecule has 0 saturated carbocycles. The van der Waals surface area contributed by atoms with Crippen molar-refractivity contribution in [2.24, 2.45) is 0 Å². The predicted molar refractivity (Wildman–Crippen MR) is 120 cm³/mol. The van der Waals surface area contributed by atoms with Crippen LogP contribution < -0.4 is 10.6 Å². The van der Waals surface area contributed by atoms with Gasteiger partial charge in [-0.15, -0.1) is 0 Å². The molecule has 2 N–H and O–H groups in total. The fourth-order valence-corrected chi connectivity index (χ4v) is 3.60. The summed E-state index contributed by atoms with van der Waals surface area (Å²) in [5.41, 5.74) is 0.0485. The summed E-state index contributed by atoms with van der Waals surface area (Å²) in [6, 6.07) is 0. The fraction of sp³-hybridized carbons (Fsp3) is 0.875. The minimum atomic E-state index is -0.105. The molecule has 0 aliphatic rings. The number of rotatable bonds is 19. The molecule has 0 spiro atoms. The van der Waals surface area contributed by atoms with E-state index in [2.05, 4.69) is 44.9 Å². The van der Waals surface area contributed by atoms with Crippen LogP contribution in [0.2, 0.25) is 0 Å². The zero-order valence-corrected chi connectivity index (χ0v) is 18.9. The van der Waals surface area contributed by atoms with Crippen LogP contribution in [0.1, 0.15) is 124 Å². The van der Waals surface area contributed by atoms with Crippen molar-refractivity contribution < 1.29 is 4.79 Å². The van der Waals surface area contributed by atoms with Gasteiger partial charge in [-0.2, -0.15) is 0 Å². The monoisotopic (exact) mass is 380 g/mol. The Balaban J connectivity index is 3.59. The van der Waals surface area contributed by atoms with Gasteiger partial charge >= 0.3 is 0 Å². The molecule has 27 heavy (non-hydrogen) atoms. The van der Waals surface area contributed by atoms with Crippen molar-refractivity contribution in [3.63, 3.8) is 0 Å². The number of carbonyl (C=O) groups is 1. The Morgan fingerprint density at radius 2 is 1.30 bits per heavy atom. The summed E-state index contributed by atoms with van der Waals surface area (Å²) in [5, 5.41) is 6.53. The van der Waals surface area contributed by atoms with Gasteiger partial charge in [0.25, 0.3) is 0 Å². The van der Waals surface area contributed by atoms with Gasteiger partial charge in [-0.3, -0.25) is 10.1 Å². The van der Waals surface area contributed by atoms with Crippen molar-refractivity contribution in [1.29, 1.82) is 0 Å². The predicted octanol–water partition coefficient (Wildman–Crippen LogP) is 6.87. The van der Waals surface area contributed by atoms with Crippen LogP contribution >= 0.6 is 0 Å². The van der Waals surface area contributed by atoms with Crippen LogP contribution in [0.15, 0.2) is 12.7 Å². The Labute approximate surface area is 170 Å². The highest BCUT2D eigenvalue weighted by Gasteiger charge is 2.21. The zero-order chi connectivity index (χ0) is 20.4. The van der Waals surface area contributed by atoms with Gasteiger partial charge in [-0.05, 0) is 32.8 Å². The summed E-state index contributed by atoms with van der Waals surface area (Å²) in [4.78, 5) is 11.5. The molecule has 0 fully saturated rings. The van der Waals surface area contributed by atoms with Crippen LogP contribution in [-0.2, 0) is 4.79 Å². The summed E-state index contributed by atoms with van der Waals surface area (Å²) >= 11 is 0. The second-order valence-corrected chi connectivity index (χ2v) is 8.69. The topological polar surface area (TPSA) is 41.1 Å². The fourth-order valence-electron chi connectivity index (χ4n) is 3.60. The Morgan fingerprint density at radius 1 is 0.852 bits per heavy atom. The first-order valence-electron chi connectivity index (χ1n) is 11.7. The van der Waals surface area contributed by atoms with E-state index in [-0.39, 0.29) is 17.6 Å². The standard InChI is InChI=1S/C24H48N2O/c1-6-9-10-11-12-13-14-15-16-17-18-19-20-21-24(4,5)26-22(7-2)25-23(27)8-3/h8,22,26H,3,6-7,9-21H2,1-2,4-5H3,(H,25,27). The molecular formula is C24H48N2O. The maximum absolute atomic E-state index is 11.5. The molecule has 1 amide bonds. The molecule has 3 heteroatoms. The van der Waals surface area contributed by atoms with Crippen LogP contribution in [0.25, 0.3) is 0 Å². The summed E-state index contributed by atoms with van der Waals surface area (Å²) in [6.07, 6.45) is 21.4. The third-order valence-corrected chi connectivity index (χ3v) is 5.38. The molecule has 0 bridgehead atoms. The first-order valence-corrected chi connectivity index (χ1v) is 11.7. The smallest absolute Gasteiger partial charge is 0.244 e. The van der Waals surface area contributed by atoms with E-state index >= 15 is 0 Å². The normalized spacial score (nSPS) is 12.7. The molecule has 0 aromatic heterocycles. The van der Waals surface area contributed by atoms with Gasteiger partial charge in [-0.1, -0.05) is 104 Å². The molecule has 0 rings (SSSR count). The van der Waals surface area contributed by atoms with Gasteiger partial charge in [-0.25, -0.2) is 0 Å². The number of unbranched alkanes of at least 4 members (excludes halogenated alkanes) is 12. The molecule has 0 aliphatic heterocycles. The third kappa shape index (κ3) is 17.0. The van der Waals surface area contributed by atoms with Crippen LogP contribution in [0.3, 0.4) is 0 Å². The summed E-state index contributed by atoms with van der Waals surface area (Å²) in [5.74, 6) is -0.105. The van der Waals surface area contributed by atoms with E-state index in [9.17, 15) is 4.79 Å². The Bertz CT molecular complexity index is 365. The number of carbonyl (C=O) groups excluding carboxylic acids is 1. The van der Waals surface area contributed by atoms with Gasteiger partial charge < -0.3 is 5.32 Å². The van der Waals surface area contributed by atoms with Gasteiger partial charge in [0.1, 0.15) is 0 Å². The number of nitrogens with one attached hydrogen (secondary N) is 2. The molecule has 0 radical (unpaired) electrons. The summed E-state index contributed by atoms with van der Waals surface area (Å²) < 4.78 is 0. The van der Waals surface area contributed by atoms with E-state index in [1.54, 1.807) is 0 Å². The van der Waals surface area contributed by atoms with E-state index in [4.69, 9.17) is 0 Å². The van der Waals surface area contributed by atoms with E-state index in [1.807, 2.05) is 0 Å². The van der Waals surface area contributed by atoms with Crippen LogP contribution in [0, 0.1) is 0 Å². The highest BCUT2D eigenvalue weighted by Crippen LogP contribution is 2.17. The van der Waals surface area contributed by atoms with Crippen molar-refractivity contribution in [2.45, 2.75) is 136 Å². The lowest BCUT2D eigenvalue weighted by molar-refractivity contribution is -0.117. The summed E-state index contributed by atoms with van der Waals surface area (Å²) in [6.45, 7) is 12.4. The lowest BCUT2D eigenvalue weighted by atomic mass is 9.95. The quantitative estimate of drug-likeness (QED) is 0.146. The maximum atomic E-state index is 11.5. The van der Waals surface area contributed by atoms with E-state index in [1.165, 1.54) is 89.5 Å². The molecule has 3 nitrogen and oxygen atoms in total. The molecule has 0 aliphatic carbocycles. The molecule has 0 saturated heterocycles. The molecule has 0 aromatic carbocycles. The van der Waals surface area contributed by atoms with E-state index in [0.29, 0.717) is 0 Å². The average molecular weight is 381 g/mol. The first-order chi connectivity index (χ1) is 12.9. The van der Waals surface area contributed by atoms with Crippen molar-refractivity contribution in [3.8, 4) is 0 Å². The molecule has 0 heterocycles. The van der Waals surface area contributed by atoms with Crippen LogP contribution in [0.4, 0.5) is 0 Å². The van der Waals surface area contributed by atoms with Crippen molar-refractivity contribution in [3.05, 3.63) is 12.7 Å². The van der Waals surface area contributed by atoms with Crippen molar-refractivity contribution in [2.75, 3.05) is 0 Å². The van der Waals surface area contributed by atoms with Crippen molar-refractivity contribution in [1.82, 2.24) is 10.6 Å². The highest BCUT2D eigenvalue weighted by atomic mass is 16.1. The van der Waals surface area contributed by atoms with Gasteiger partial charge in [0.15, 0.2) is 0 Å². The Hall–Kier alpha value is -0.830. The minimum Gasteiger partial charge on any atom is -0.337 e. The second-order valence-electron chi connectivity index (χ2n) is 8.69. The molecule has 0 aromatic rings. The molecular weight excluding hydrogens is 332 g/mol. The molecule has 1 unspecified atom stereocenters. The van der Waals surface area contributed by atoms with E-state index in [0.717, 1.165) is 12.8 Å². The van der Waals surface area contributed by atoms with Crippen molar-refractivity contribution >= 4 is 5.91 Å².